The lowest BCUT2D eigenvalue weighted by Crippen LogP contribution is -2.22. The Labute approximate surface area is 112 Å². The van der Waals surface area contributed by atoms with Gasteiger partial charge in [0.15, 0.2) is 5.78 Å². The van der Waals surface area contributed by atoms with Crippen LogP contribution in [0, 0.1) is 18.8 Å². The van der Waals surface area contributed by atoms with Crippen LogP contribution >= 0.6 is 15.9 Å². The van der Waals surface area contributed by atoms with Gasteiger partial charge in [0.25, 0.3) is 0 Å². The average Bonchev–Trinajstić information content (AvgIpc) is 2.28. The van der Waals surface area contributed by atoms with E-state index in [4.69, 9.17) is 0 Å². The molecular formula is C15H19BrO. The zero-order valence-corrected chi connectivity index (χ0v) is 12.1. The molecule has 0 aliphatic heterocycles. The van der Waals surface area contributed by atoms with Crippen molar-refractivity contribution in [1.29, 1.82) is 0 Å². The molecule has 0 saturated heterocycles. The Morgan fingerprint density at radius 1 is 1.35 bits per heavy atom. The van der Waals surface area contributed by atoms with Crippen molar-refractivity contribution in [3.63, 3.8) is 0 Å². The van der Waals surface area contributed by atoms with E-state index in [2.05, 4.69) is 22.9 Å². The fraction of sp³-hybridized carbons (Fsp3) is 0.533. The lowest BCUT2D eigenvalue weighted by atomic mass is 9.78. The van der Waals surface area contributed by atoms with Gasteiger partial charge < -0.3 is 0 Å². The third-order valence-corrected chi connectivity index (χ3v) is 4.25. The smallest absolute Gasteiger partial charge is 0.166 e. The fourth-order valence-corrected chi connectivity index (χ4v) is 3.27. The third-order valence-electron chi connectivity index (χ3n) is 3.76. The number of aryl methyl sites for hydroxylation is 1. The van der Waals surface area contributed by atoms with E-state index < -0.39 is 0 Å². The second kappa shape index (κ2) is 5.34. The number of halogens is 1. The number of benzene rings is 1. The molecule has 0 spiro atoms. The maximum absolute atomic E-state index is 12.5. The van der Waals surface area contributed by atoms with Crippen LogP contribution in [0.5, 0.6) is 0 Å². The van der Waals surface area contributed by atoms with Gasteiger partial charge in [-0.3, -0.25) is 4.79 Å². The number of ketones is 1. The van der Waals surface area contributed by atoms with Crippen molar-refractivity contribution >= 4 is 21.7 Å². The van der Waals surface area contributed by atoms with E-state index in [1.165, 1.54) is 12.8 Å². The third kappa shape index (κ3) is 2.98. The zero-order chi connectivity index (χ0) is 12.4. The SMILES string of the molecule is Cc1cc(Br)ccc1C(=O)C1CCCC(C)C1. The van der Waals surface area contributed by atoms with E-state index in [-0.39, 0.29) is 5.92 Å². The molecule has 1 aliphatic rings. The lowest BCUT2D eigenvalue weighted by molar-refractivity contribution is 0.0867. The minimum absolute atomic E-state index is 0.249. The molecule has 2 rings (SSSR count). The molecule has 0 radical (unpaired) electrons. The summed E-state index contributed by atoms with van der Waals surface area (Å²) in [6.07, 6.45) is 4.61. The van der Waals surface area contributed by atoms with Crippen LogP contribution in [0.2, 0.25) is 0 Å². The van der Waals surface area contributed by atoms with Crippen molar-refractivity contribution in [1.82, 2.24) is 0 Å². The Bertz CT molecular complexity index is 425. The summed E-state index contributed by atoms with van der Waals surface area (Å²) in [5.41, 5.74) is 2.00. The molecule has 1 aliphatic carbocycles. The Morgan fingerprint density at radius 3 is 2.76 bits per heavy atom. The summed E-state index contributed by atoms with van der Waals surface area (Å²) in [4.78, 5) is 12.5. The molecule has 2 heteroatoms. The lowest BCUT2D eigenvalue weighted by Gasteiger charge is -2.26. The molecule has 0 aromatic heterocycles. The van der Waals surface area contributed by atoms with E-state index in [0.29, 0.717) is 11.7 Å². The van der Waals surface area contributed by atoms with Crippen LogP contribution in [0.4, 0.5) is 0 Å². The summed E-state index contributed by atoms with van der Waals surface area (Å²) in [5.74, 6) is 1.30. The molecular weight excluding hydrogens is 276 g/mol. The summed E-state index contributed by atoms with van der Waals surface area (Å²) in [5, 5.41) is 0. The van der Waals surface area contributed by atoms with Crippen LogP contribution in [0.1, 0.15) is 48.5 Å². The van der Waals surface area contributed by atoms with E-state index in [1.54, 1.807) is 0 Å². The molecule has 2 atom stereocenters. The molecule has 1 saturated carbocycles. The van der Waals surface area contributed by atoms with Gasteiger partial charge in [0.1, 0.15) is 0 Å². The molecule has 92 valence electrons. The van der Waals surface area contributed by atoms with Crippen molar-refractivity contribution in [2.75, 3.05) is 0 Å². The van der Waals surface area contributed by atoms with Gasteiger partial charge in [-0.15, -0.1) is 0 Å². The normalized spacial score (nSPS) is 24.6. The van der Waals surface area contributed by atoms with Crippen molar-refractivity contribution in [3.05, 3.63) is 33.8 Å². The van der Waals surface area contributed by atoms with Gasteiger partial charge in [-0.1, -0.05) is 41.8 Å². The van der Waals surface area contributed by atoms with Crippen LogP contribution in [0.3, 0.4) is 0 Å². The van der Waals surface area contributed by atoms with Gasteiger partial charge in [0, 0.05) is 16.0 Å². The summed E-state index contributed by atoms with van der Waals surface area (Å²) in [6, 6.07) is 5.95. The Morgan fingerprint density at radius 2 is 2.12 bits per heavy atom. The van der Waals surface area contributed by atoms with E-state index in [0.717, 1.165) is 28.4 Å². The van der Waals surface area contributed by atoms with Gasteiger partial charge in [-0.25, -0.2) is 0 Å². The quantitative estimate of drug-likeness (QED) is 0.718. The molecule has 0 amide bonds. The summed E-state index contributed by atoms with van der Waals surface area (Å²) >= 11 is 3.44. The molecule has 1 nitrogen and oxygen atoms in total. The van der Waals surface area contributed by atoms with Gasteiger partial charge >= 0.3 is 0 Å². The summed E-state index contributed by atoms with van der Waals surface area (Å²) in [7, 11) is 0. The van der Waals surface area contributed by atoms with Gasteiger partial charge in [-0.2, -0.15) is 0 Å². The van der Waals surface area contributed by atoms with Crippen molar-refractivity contribution in [3.8, 4) is 0 Å². The second-order valence-electron chi connectivity index (χ2n) is 5.29. The van der Waals surface area contributed by atoms with Crippen molar-refractivity contribution in [2.24, 2.45) is 11.8 Å². The van der Waals surface area contributed by atoms with E-state index in [1.807, 2.05) is 25.1 Å². The average molecular weight is 295 g/mol. The Hall–Kier alpha value is -0.630. The molecule has 1 fully saturated rings. The van der Waals surface area contributed by atoms with E-state index >= 15 is 0 Å². The molecule has 0 bridgehead atoms. The van der Waals surface area contributed by atoms with Crippen LogP contribution < -0.4 is 0 Å². The number of hydrogen-bond donors (Lipinski definition) is 0. The number of carbonyl (C=O) groups is 1. The maximum Gasteiger partial charge on any atom is 0.166 e. The Balaban J connectivity index is 2.18. The van der Waals surface area contributed by atoms with Gasteiger partial charge in [-0.05, 0) is 43.4 Å². The minimum atomic E-state index is 0.249. The van der Waals surface area contributed by atoms with E-state index in [9.17, 15) is 4.79 Å². The number of Topliss-reactive ketones (excluding diaryl/α,β-unsaturated/α-hetero) is 1. The predicted molar refractivity (Wildman–Crippen MR) is 74.3 cm³/mol. The first-order chi connectivity index (χ1) is 8.08. The van der Waals surface area contributed by atoms with Gasteiger partial charge in [0.05, 0.1) is 0 Å². The largest absolute Gasteiger partial charge is 0.294 e. The standard InChI is InChI=1S/C15H19BrO/c1-10-4-3-5-12(8-10)15(17)14-7-6-13(16)9-11(14)2/h6-7,9-10,12H,3-5,8H2,1-2H3. The molecule has 0 N–H and O–H groups in total. The highest BCUT2D eigenvalue weighted by molar-refractivity contribution is 9.10. The van der Waals surface area contributed by atoms with Crippen molar-refractivity contribution < 1.29 is 4.79 Å². The van der Waals surface area contributed by atoms with Crippen LogP contribution in [-0.4, -0.2) is 5.78 Å². The predicted octanol–water partition coefficient (Wildman–Crippen LogP) is 4.77. The summed E-state index contributed by atoms with van der Waals surface area (Å²) < 4.78 is 1.04. The molecule has 1 aromatic carbocycles. The van der Waals surface area contributed by atoms with Crippen LogP contribution in [-0.2, 0) is 0 Å². The first kappa shape index (κ1) is 12.8. The first-order valence-corrected chi connectivity index (χ1v) is 7.17. The number of carbonyl (C=O) groups excluding carboxylic acids is 1. The zero-order valence-electron chi connectivity index (χ0n) is 10.5. The number of rotatable bonds is 2. The molecule has 0 heterocycles. The Kier molecular flexibility index (Phi) is 4.03. The van der Waals surface area contributed by atoms with Gasteiger partial charge in [0.2, 0.25) is 0 Å². The highest BCUT2D eigenvalue weighted by Gasteiger charge is 2.26. The number of hydrogen-bond acceptors (Lipinski definition) is 1. The highest BCUT2D eigenvalue weighted by Crippen LogP contribution is 2.32. The molecule has 2 unspecified atom stereocenters. The monoisotopic (exact) mass is 294 g/mol. The van der Waals surface area contributed by atoms with Crippen LogP contribution in [0.15, 0.2) is 22.7 Å². The van der Waals surface area contributed by atoms with Crippen LogP contribution in [0.25, 0.3) is 0 Å². The maximum atomic E-state index is 12.5. The highest BCUT2D eigenvalue weighted by atomic mass is 79.9. The first-order valence-electron chi connectivity index (χ1n) is 6.38. The minimum Gasteiger partial charge on any atom is -0.294 e. The van der Waals surface area contributed by atoms with Crippen molar-refractivity contribution in [2.45, 2.75) is 39.5 Å². The molecule has 17 heavy (non-hydrogen) atoms. The fourth-order valence-electron chi connectivity index (χ4n) is 2.80. The summed E-state index contributed by atoms with van der Waals surface area (Å²) in [6.45, 7) is 4.28. The molecule has 1 aromatic rings. The second-order valence-corrected chi connectivity index (χ2v) is 6.21. The topological polar surface area (TPSA) is 17.1 Å².